The molecule has 0 radical (unpaired) electrons. The molecule has 2 aromatic carbocycles. The highest BCUT2D eigenvalue weighted by molar-refractivity contribution is 7.99. The van der Waals surface area contributed by atoms with Crippen molar-refractivity contribution in [2.24, 2.45) is 0 Å². The molecule has 7 heteroatoms. The topological polar surface area (TPSA) is 79.0 Å². The van der Waals surface area contributed by atoms with Crippen LogP contribution in [0, 0.1) is 0 Å². The van der Waals surface area contributed by atoms with Crippen LogP contribution < -0.4 is 14.8 Å². The first-order valence-electron chi connectivity index (χ1n) is 7.60. The van der Waals surface area contributed by atoms with Gasteiger partial charge in [-0.25, -0.2) is 0 Å². The molecule has 3 rings (SSSR count). The number of anilines is 2. The van der Waals surface area contributed by atoms with Gasteiger partial charge in [0.05, 0.1) is 12.8 Å². The fourth-order valence-electron chi connectivity index (χ4n) is 2.32. The number of hydrogen-bond acceptors (Lipinski definition) is 5. The highest BCUT2D eigenvalue weighted by Gasteiger charge is 2.11. The molecule has 0 aliphatic carbocycles. The molecule has 1 heterocycles. The molecule has 0 unspecified atom stereocenters. The quantitative estimate of drug-likeness (QED) is 0.583. The van der Waals surface area contributed by atoms with Crippen molar-refractivity contribution >= 4 is 29.2 Å². The third-order valence-electron chi connectivity index (χ3n) is 3.55. The third kappa shape index (κ3) is 4.13. The normalized spacial score (nSPS) is 10.3. The molecule has 0 atom stereocenters. The molecule has 6 nitrogen and oxygen atoms in total. The number of nitrogens with one attached hydrogen (secondary N) is 3. The third-order valence-corrected chi connectivity index (χ3v) is 3.99. The van der Waals surface area contributed by atoms with E-state index in [1.165, 1.54) is 11.9 Å². The van der Waals surface area contributed by atoms with Gasteiger partial charge in [0.1, 0.15) is 11.4 Å². The van der Waals surface area contributed by atoms with E-state index in [0.717, 1.165) is 17.0 Å². The summed E-state index contributed by atoms with van der Waals surface area (Å²) in [6.45, 7) is 0. The molecule has 1 aromatic heterocycles. The van der Waals surface area contributed by atoms with E-state index in [1.54, 1.807) is 13.2 Å². The van der Waals surface area contributed by atoms with E-state index in [0.29, 0.717) is 17.1 Å². The van der Waals surface area contributed by atoms with Crippen molar-refractivity contribution in [3.05, 3.63) is 60.3 Å². The first kappa shape index (κ1) is 16.9. The number of rotatable bonds is 6. The monoisotopic (exact) mass is 354 g/mol. The molecule has 0 aliphatic heterocycles. The van der Waals surface area contributed by atoms with Gasteiger partial charge in [-0.1, -0.05) is 18.0 Å². The molecule has 0 spiro atoms. The zero-order valence-corrected chi connectivity index (χ0v) is 14.7. The van der Waals surface area contributed by atoms with Gasteiger partial charge in [-0.05, 0) is 48.5 Å². The average molecular weight is 354 g/mol. The number of hydrogen-bond donors (Lipinski definition) is 3. The second-order valence-electron chi connectivity index (χ2n) is 5.24. The van der Waals surface area contributed by atoms with Gasteiger partial charge in [-0.3, -0.25) is 9.89 Å². The number of carbonyl (C=O) groups excluding carboxylic acids is 1. The summed E-state index contributed by atoms with van der Waals surface area (Å²) in [7, 11) is 1.62. The van der Waals surface area contributed by atoms with Crippen LogP contribution in [0.1, 0.15) is 10.5 Å². The Labute approximate surface area is 150 Å². The van der Waals surface area contributed by atoms with E-state index in [-0.39, 0.29) is 5.91 Å². The standard InChI is InChI=1S/C18H18N4O2S/c1-24-15-8-6-12(7-9-15)16-11-17(21-20-16)18(23)19-13-4-3-5-14(10-13)22-25-2/h3-11,22H,1-2H3,(H,19,23)(H,20,21). The average Bonchev–Trinajstić information content (AvgIpc) is 3.13. The predicted octanol–water partition coefficient (Wildman–Crippen LogP) is 4.03. The van der Waals surface area contributed by atoms with E-state index in [4.69, 9.17) is 4.74 Å². The van der Waals surface area contributed by atoms with Gasteiger partial charge >= 0.3 is 0 Å². The Morgan fingerprint density at radius 3 is 2.60 bits per heavy atom. The SMILES string of the molecule is COc1ccc(-c2cc(C(=O)Nc3cccc(NSC)c3)[nH]n2)cc1. The van der Waals surface area contributed by atoms with E-state index in [9.17, 15) is 4.79 Å². The lowest BCUT2D eigenvalue weighted by molar-refractivity contribution is 0.102. The summed E-state index contributed by atoms with van der Waals surface area (Å²) in [5, 5.41) is 9.85. The van der Waals surface area contributed by atoms with Crippen LogP contribution in [0.5, 0.6) is 5.75 Å². The van der Waals surface area contributed by atoms with Crippen molar-refractivity contribution < 1.29 is 9.53 Å². The van der Waals surface area contributed by atoms with E-state index < -0.39 is 0 Å². The minimum Gasteiger partial charge on any atom is -0.497 e. The summed E-state index contributed by atoms with van der Waals surface area (Å²) in [6, 6.07) is 16.7. The van der Waals surface area contributed by atoms with Gasteiger partial charge in [0.15, 0.2) is 0 Å². The summed E-state index contributed by atoms with van der Waals surface area (Å²) in [5.74, 6) is 0.532. The van der Waals surface area contributed by atoms with Gasteiger partial charge in [0.25, 0.3) is 5.91 Å². The van der Waals surface area contributed by atoms with Crippen molar-refractivity contribution in [3.8, 4) is 17.0 Å². The van der Waals surface area contributed by atoms with E-state index in [2.05, 4.69) is 20.2 Å². The zero-order valence-electron chi connectivity index (χ0n) is 13.9. The van der Waals surface area contributed by atoms with Gasteiger partial charge in [0.2, 0.25) is 0 Å². The van der Waals surface area contributed by atoms with Crippen LogP contribution in [0.4, 0.5) is 11.4 Å². The van der Waals surface area contributed by atoms with Crippen LogP contribution in [0.2, 0.25) is 0 Å². The number of benzene rings is 2. The Morgan fingerprint density at radius 2 is 1.88 bits per heavy atom. The largest absolute Gasteiger partial charge is 0.497 e. The summed E-state index contributed by atoms with van der Waals surface area (Å²) >= 11 is 1.49. The van der Waals surface area contributed by atoms with Gasteiger partial charge in [-0.15, -0.1) is 0 Å². The molecule has 1 amide bonds. The Morgan fingerprint density at radius 1 is 1.12 bits per heavy atom. The van der Waals surface area contributed by atoms with Crippen LogP contribution in [0.15, 0.2) is 54.6 Å². The van der Waals surface area contributed by atoms with Crippen molar-refractivity contribution in [1.82, 2.24) is 10.2 Å². The Bertz CT molecular complexity index is 862. The summed E-state index contributed by atoms with van der Waals surface area (Å²) in [6.07, 6.45) is 1.94. The molecular weight excluding hydrogens is 336 g/mol. The molecule has 3 aromatic rings. The fraction of sp³-hybridized carbons (Fsp3) is 0.111. The van der Waals surface area contributed by atoms with Gasteiger partial charge in [0, 0.05) is 23.2 Å². The number of aromatic nitrogens is 2. The Kier molecular flexibility index (Phi) is 5.25. The van der Waals surface area contributed by atoms with Crippen LogP contribution in [-0.4, -0.2) is 29.5 Å². The highest BCUT2D eigenvalue weighted by atomic mass is 32.2. The molecule has 0 aliphatic rings. The van der Waals surface area contributed by atoms with E-state index in [1.807, 2.05) is 54.8 Å². The number of amides is 1. The van der Waals surface area contributed by atoms with Crippen molar-refractivity contribution in [1.29, 1.82) is 0 Å². The van der Waals surface area contributed by atoms with Crippen molar-refractivity contribution in [2.45, 2.75) is 0 Å². The van der Waals surface area contributed by atoms with Crippen molar-refractivity contribution in [2.75, 3.05) is 23.4 Å². The van der Waals surface area contributed by atoms with Crippen LogP contribution >= 0.6 is 11.9 Å². The molecule has 25 heavy (non-hydrogen) atoms. The number of ether oxygens (including phenoxy) is 1. The molecule has 3 N–H and O–H groups in total. The Hall–Kier alpha value is -2.93. The van der Waals surface area contributed by atoms with Gasteiger partial charge in [-0.2, -0.15) is 5.10 Å². The van der Waals surface area contributed by atoms with Crippen LogP contribution in [0.3, 0.4) is 0 Å². The molecular formula is C18H18N4O2S. The lowest BCUT2D eigenvalue weighted by Gasteiger charge is -2.06. The number of nitrogens with zero attached hydrogens (tertiary/aromatic N) is 1. The van der Waals surface area contributed by atoms with E-state index >= 15 is 0 Å². The molecule has 0 fully saturated rings. The Balaban J connectivity index is 1.72. The van der Waals surface area contributed by atoms with Crippen molar-refractivity contribution in [3.63, 3.8) is 0 Å². The lowest BCUT2D eigenvalue weighted by Crippen LogP contribution is -2.12. The minimum atomic E-state index is -0.242. The number of H-pyrrole nitrogens is 1. The first-order valence-corrected chi connectivity index (χ1v) is 8.82. The minimum absolute atomic E-state index is 0.242. The second-order valence-corrected chi connectivity index (χ2v) is 5.85. The van der Waals surface area contributed by atoms with Crippen LogP contribution in [-0.2, 0) is 0 Å². The number of carbonyl (C=O) groups is 1. The van der Waals surface area contributed by atoms with Gasteiger partial charge < -0.3 is 14.8 Å². The highest BCUT2D eigenvalue weighted by Crippen LogP contribution is 2.22. The van der Waals surface area contributed by atoms with Crippen LogP contribution in [0.25, 0.3) is 11.3 Å². The second kappa shape index (κ2) is 7.76. The number of methoxy groups -OCH3 is 1. The zero-order chi connectivity index (χ0) is 17.6. The maximum absolute atomic E-state index is 12.4. The predicted molar refractivity (Wildman–Crippen MR) is 102 cm³/mol. The summed E-state index contributed by atoms with van der Waals surface area (Å²) in [4.78, 5) is 12.4. The smallest absolute Gasteiger partial charge is 0.273 e. The fourth-order valence-corrected chi connectivity index (χ4v) is 2.69. The number of aromatic amines is 1. The summed E-state index contributed by atoms with van der Waals surface area (Å²) in [5.41, 5.74) is 3.64. The maximum atomic E-state index is 12.4. The molecule has 0 saturated carbocycles. The molecule has 0 bridgehead atoms. The lowest BCUT2D eigenvalue weighted by atomic mass is 10.1. The molecule has 0 saturated heterocycles. The molecule has 128 valence electrons. The summed E-state index contributed by atoms with van der Waals surface area (Å²) < 4.78 is 8.27. The maximum Gasteiger partial charge on any atom is 0.273 e. The first-order chi connectivity index (χ1) is 12.2.